The van der Waals surface area contributed by atoms with Gasteiger partial charge in [0.1, 0.15) is 17.7 Å². The smallest absolute Gasteiger partial charge is 0.228 e. The second-order valence-corrected chi connectivity index (χ2v) is 7.73. The molecule has 1 aliphatic rings. The van der Waals surface area contributed by atoms with E-state index in [9.17, 15) is 9.18 Å². The molecular weight excluding hydrogens is 395 g/mol. The van der Waals surface area contributed by atoms with Crippen molar-refractivity contribution in [3.8, 4) is 11.8 Å². The molecule has 0 radical (unpaired) electrons. The summed E-state index contributed by atoms with van der Waals surface area (Å²) in [7, 11) is 0. The van der Waals surface area contributed by atoms with Gasteiger partial charge in [-0.25, -0.2) is 14.4 Å². The summed E-state index contributed by atoms with van der Waals surface area (Å²) < 4.78 is 19.6. The standard InChI is InChI=1S/C24H21FN4O2/c1-15-22(13-27-16(2)28-15)31-14-24(18-6-4-3-5-7-18)11-20(24)23(30)29-19-8-9-21(25)17(10-19)12-26/h3-10,13,20H,11,14H2,1-2H3,(H,29,30)/t20-,24+/m0/s1. The number of ether oxygens (including phenoxy) is 1. The number of carbonyl (C=O) groups excluding carboxylic acids is 1. The van der Waals surface area contributed by atoms with E-state index in [1.165, 1.54) is 18.2 Å². The molecule has 4 rings (SSSR count). The average Bonchev–Trinajstić information content (AvgIpc) is 3.51. The molecule has 0 spiro atoms. The SMILES string of the molecule is Cc1ncc(OC[C@@]2(c3ccccc3)C[C@H]2C(=O)Nc2ccc(F)c(C#N)c2)c(C)n1. The van der Waals surface area contributed by atoms with Crippen LogP contribution in [0, 0.1) is 36.9 Å². The van der Waals surface area contributed by atoms with Gasteiger partial charge in [0.15, 0.2) is 5.75 Å². The number of anilines is 1. The molecule has 1 N–H and O–H groups in total. The highest BCUT2D eigenvalue weighted by Crippen LogP contribution is 2.55. The third-order valence-electron chi connectivity index (χ3n) is 5.63. The second-order valence-electron chi connectivity index (χ2n) is 7.73. The van der Waals surface area contributed by atoms with Crippen LogP contribution in [-0.4, -0.2) is 22.5 Å². The lowest BCUT2D eigenvalue weighted by Gasteiger charge is -2.19. The van der Waals surface area contributed by atoms with E-state index in [0.29, 0.717) is 30.3 Å². The van der Waals surface area contributed by atoms with Crippen LogP contribution in [0.1, 0.15) is 29.1 Å². The van der Waals surface area contributed by atoms with Crippen molar-refractivity contribution in [1.29, 1.82) is 5.26 Å². The number of carbonyl (C=O) groups is 1. The zero-order valence-corrected chi connectivity index (χ0v) is 17.2. The maximum absolute atomic E-state index is 13.6. The molecule has 0 aliphatic heterocycles. The van der Waals surface area contributed by atoms with Crippen LogP contribution in [0.2, 0.25) is 0 Å². The maximum atomic E-state index is 13.6. The van der Waals surface area contributed by atoms with E-state index in [0.717, 1.165) is 11.3 Å². The number of hydrogen-bond acceptors (Lipinski definition) is 5. The lowest BCUT2D eigenvalue weighted by Crippen LogP contribution is -2.26. The Hall–Kier alpha value is -3.79. The molecule has 1 aromatic heterocycles. The van der Waals surface area contributed by atoms with Gasteiger partial charge in [0, 0.05) is 11.1 Å². The number of aryl methyl sites for hydroxylation is 2. The van der Waals surface area contributed by atoms with Crippen molar-refractivity contribution in [1.82, 2.24) is 9.97 Å². The van der Waals surface area contributed by atoms with E-state index >= 15 is 0 Å². The predicted molar refractivity (Wildman–Crippen MR) is 113 cm³/mol. The Kier molecular flexibility index (Phi) is 5.38. The average molecular weight is 416 g/mol. The van der Waals surface area contributed by atoms with Gasteiger partial charge in [0.05, 0.1) is 30.0 Å². The van der Waals surface area contributed by atoms with Gasteiger partial charge in [0.2, 0.25) is 5.91 Å². The molecule has 2 atom stereocenters. The Morgan fingerprint density at radius 3 is 2.77 bits per heavy atom. The molecule has 0 saturated heterocycles. The van der Waals surface area contributed by atoms with E-state index in [-0.39, 0.29) is 17.4 Å². The first kappa shape index (κ1) is 20.5. The Bertz CT molecular complexity index is 1180. The summed E-state index contributed by atoms with van der Waals surface area (Å²) in [5.74, 6) is 0.123. The lowest BCUT2D eigenvalue weighted by molar-refractivity contribution is -0.117. The molecule has 1 fully saturated rings. The fraction of sp³-hybridized carbons (Fsp3) is 0.250. The number of halogens is 1. The molecular formula is C24H21FN4O2. The number of benzene rings is 2. The zero-order chi connectivity index (χ0) is 22.0. The van der Waals surface area contributed by atoms with E-state index < -0.39 is 11.2 Å². The van der Waals surface area contributed by atoms with Gasteiger partial charge in [-0.2, -0.15) is 5.26 Å². The summed E-state index contributed by atoms with van der Waals surface area (Å²) in [6.07, 6.45) is 2.26. The summed E-state index contributed by atoms with van der Waals surface area (Å²) in [6, 6.07) is 15.5. The van der Waals surface area contributed by atoms with Crippen molar-refractivity contribution in [3.63, 3.8) is 0 Å². The molecule has 0 unspecified atom stereocenters. The van der Waals surface area contributed by atoms with Crippen LogP contribution >= 0.6 is 0 Å². The summed E-state index contributed by atoms with van der Waals surface area (Å²) in [4.78, 5) is 21.5. The van der Waals surface area contributed by atoms with Crippen LogP contribution in [0.3, 0.4) is 0 Å². The normalized spacial score (nSPS) is 19.4. The maximum Gasteiger partial charge on any atom is 0.228 e. The molecule has 1 saturated carbocycles. The molecule has 7 heteroatoms. The van der Waals surface area contributed by atoms with Crippen LogP contribution in [0.15, 0.2) is 54.7 Å². The van der Waals surface area contributed by atoms with Gasteiger partial charge < -0.3 is 10.1 Å². The fourth-order valence-corrected chi connectivity index (χ4v) is 3.82. The first-order valence-corrected chi connectivity index (χ1v) is 9.92. The van der Waals surface area contributed by atoms with Gasteiger partial charge in [0.25, 0.3) is 0 Å². The van der Waals surface area contributed by atoms with Crippen LogP contribution in [0.5, 0.6) is 5.75 Å². The summed E-state index contributed by atoms with van der Waals surface area (Å²) in [5, 5.41) is 11.8. The number of nitrogens with one attached hydrogen (secondary N) is 1. The van der Waals surface area contributed by atoms with Crippen molar-refractivity contribution in [3.05, 3.63) is 83.2 Å². The Morgan fingerprint density at radius 2 is 2.06 bits per heavy atom. The highest BCUT2D eigenvalue weighted by molar-refractivity contribution is 5.96. The zero-order valence-electron chi connectivity index (χ0n) is 17.2. The molecule has 31 heavy (non-hydrogen) atoms. The van der Waals surface area contributed by atoms with Crippen LogP contribution in [-0.2, 0) is 10.2 Å². The van der Waals surface area contributed by atoms with Crippen LogP contribution < -0.4 is 10.1 Å². The number of hydrogen-bond donors (Lipinski definition) is 1. The van der Waals surface area contributed by atoms with Gasteiger partial charge >= 0.3 is 0 Å². The predicted octanol–water partition coefficient (Wildman–Crippen LogP) is 4.08. The molecule has 1 aliphatic carbocycles. The molecule has 3 aromatic rings. The van der Waals surface area contributed by atoms with E-state index in [2.05, 4.69) is 15.3 Å². The highest BCUT2D eigenvalue weighted by Gasteiger charge is 2.60. The molecule has 1 heterocycles. The van der Waals surface area contributed by atoms with E-state index in [4.69, 9.17) is 10.00 Å². The Labute approximate surface area is 179 Å². The number of amides is 1. The third-order valence-corrected chi connectivity index (χ3v) is 5.63. The van der Waals surface area contributed by atoms with Crippen molar-refractivity contribution in [2.24, 2.45) is 5.92 Å². The minimum Gasteiger partial charge on any atom is -0.489 e. The summed E-state index contributed by atoms with van der Waals surface area (Å²) in [6.45, 7) is 3.98. The second kappa shape index (κ2) is 8.15. The largest absolute Gasteiger partial charge is 0.489 e. The molecule has 156 valence electrons. The minimum atomic E-state index is -0.616. The molecule has 0 bridgehead atoms. The van der Waals surface area contributed by atoms with Crippen molar-refractivity contribution in [2.45, 2.75) is 25.7 Å². The molecule has 1 amide bonds. The van der Waals surface area contributed by atoms with Gasteiger partial charge in [-0.15, -0.1) is 0 Å². The summed E-state index contributed by atoms with van der Waals surface area (Å²) >= 11 is 0. The third kappa shape index (κ3) is 4.10. The van der Waals surface area contributed by atoms with Gasteiger partial charge in [-0.3, -0.25) is 4.79 Å². The number of nitrogens with zero attached hydrogens (tertiary/aromatic N) is 3. The topological polar surface area (TPSA) is 87.9 Å². The van der Waals surface area contributed by atoms with E-state index in [1.54, 1.807) is 12.3 Å². The minimum absolute atomic E-state index is 0.110. The van der Waals surface area contributed by atoms with Crippen LogP contribution in [0.4, 0.5) is 10.1 Å². The number of aromatic nitrogens is 2. The fourth-order valence-electron chi connectivity index (χ4n) is 3.82. The number of rotatable bonds is 6. The molecule has 2 aromatic carbocycles. The quantitative estimate of drug-likeness (QED) is 0.654. The first-order valence-electron chi connectivity index (χ1n) is 9.92. The highest BCUT2D eigenvalue weighted by atomic mass is 19.1. The monoisotopic (exact) mass is 416 g/mol. The van der Waals surface area contributed by atoms with E-state index in [1.807, 2.05) is 44.2 Å². The van der Waals surface area contributed by atoms with Crippen molar-refractivity contribution in [2.75, 3.05) is 11.9 Å². The first-order chi connectivity index (χ1) is 14.9. The lowest BCUT2D eigenvalue weighted by atomic mass is 9.93. The van der Waals surface area contributed by atoms with Crippen LogP contribution in [0.25, 0.3) is 0 Å². The van der Waals surface area contributed by atoms with Gasteiger partial charge in [-0.05, 0) is 44.0 Å². The van der Waals surface area contributed by atoms with Crippen molar-refractivity contribution >= 4 is 11.6 Å². The van der Waals surface area contributed by atoms with Crippen molar-refractivity contribution < 1.29 is 13.9 Å². The summed E-state index contributed by atoms with van der Waals surface area (Å²) in [5.41, 5.74) is 1.55. The Morgan fingerprint density at radius 1 is 1.29 bits per heavy atom. The Balaban J connectivity index is 1.55. The number of nitriles is 1. The van der Waals surface area contributed by atoms with Gasteiger partial charge in [-0.1, -0.05) is 30.3 Å². The molecule has 6 nitrogen and oxygen atoms in total.